The summed E-state index contributed by atoms with van der Waals surface area (Å²) in [6, 6.07) is 17.4. The Hall–Kier alpha value is -4.59. The van der Waals surface area contributed by atoms with Crippen LogP contribution in [0.2, 0.25) is 0 Å². The summed E-state index contributed by atoms with van der Waals surface area (Å²) in [6.07, 6.45) is -4.50. The summed E-state index contributed by atoms with van der Waals surface area (Å²) in [5.74, 6) is -1.77. The monoisotopic (exact) mass is 537 g/mol. The summed E-state index contributed by atoms with van der Waals surface area (Å²) in [6.45, 7) is -0.295. The average molecular weight is 538 g/mol. The van der Waals surface area contributed by atoms with E-state index < -0.39 is 41.5 Å². The molecule has 0 unspecified atom stereocenters. The van der Waals surface area contributed by atoms with E-state index in [1.54, 1.807) is 7.05 Å². The molecule has 2 aliphatic heterocycles. The van der Waals surface area contributed by atoms with Gasteiger partial charge in [-0.15, -0.1) is 0 Å². The van der Waals surface area contributed by atoms with Crippen molar-refractivity contribution in [2.75, 3.05) is 41.8 Å². The molecule has 39 heavy (non-hydrogen) atoms. The minimum absolute atomic E-state index is 0.0745. The Morgan fingerprint density at radius 2 is 1.67 bits per heavy atom. The SMILES string of the molecule is CNc1ccc(N2CC3(C2)C(=O)N(c2ccc(C#N)cc2F)CC(=O)N3Cc2ccc(C(F)(F)F)cc2)cc1. The highest BCUT2D eigenvalue weighted by Gasteiger charge is 2.60. The van der Waals surface area contributed by atoms with Crippen LogP contribution in [-0.4, -0.2) is 48.9 Å². The first kappa shape index (κ1) is 26.0. The molecule has 0 bridgehead atoms. The average Bonchev–Trinajstić information content (AvgIpc) is 2.90. The molecule has 1 N–H and O–H groups in total. The van der Waals surface area contributed by atoms with Gasteiger partial charge in [-0.25, -0.2) is 4.39 Å². The maximum absolute atomic E-state index is 14.9. The number of nitrogens with one attached hydrogen (secondary N) is 1. The molecule has 5 rings (SSSR count). The zero-order valence-corrected chi connectivity index (χ0v) is 20.8. The second kappa shape index (κ2) is 9.62. The summed E-state index contributed by atoms with van der Waals surface area (Å²) >= 11 is 0. The van der Waals surface area contributed by atoms with Crippen LogP contribution in [0.4, 0.5) is 34.6 Å². The molecule has 3 aromatic rings. The number of carbonyl (C=O) groups is 2. The lowest BCUT2D eigenvalue weighted by molar-refractivity contribution is -0.153. The standard InChI is InChI=1S/C28H23F4N5O2/c1-34-21-7-9-22(10-8-21)35-16-27(17-35)26(39)36(24-11-4-19(13-33)12-23(24)29)15-25(38)37(27)14-18-2-5-20(6-3-18)28(30,31)32/h2-12,34H,14-17H2,1H3. The van der Waals surface area contributed by atoms with Crippen molar-refractivity contribution in [3.8, 4) is 6.07 Å². The van der Waals surface area contributed by atoms with Gasteiger partial charge in [-0.3, -0.25) is 14.5 Å². The molecule has 0 aromatic heterocycles. The van der Waals surface area contributed by atoms with Gasteiger partial charge in [0.2, 0.25) is 5.91 Å². The molecule has 2 fully saturated rings. The lowest BCUT2D eigenvalue weighted by atomic mass is 9.82. The molecular formula is C28H23F4N5O2. The lowest BCUT2D eigenvalue weighted by Gasteiger charge is -2.58. The summed E-state index contributed by atoms with van der Waals surface area (Å²) < 4.78 is 54.0. The van der Waals surface area contributed by atoms with Gasteiger partial charge >= 0.3 is 6.18 Å². The molecule has 0 atom stereocenters. The van der Waals surface area contributed by atoms with Crippen LogP contribution in [0.25, 0.3) is 0 Å². The normalized spacial score (nSPS) is 16.8. The third kappa shape index (κ3) is 4.63. The van der Waals surface area contributed by atoms with Crippen molar-refractivity contribution < 1.29 is 27.2 Å². The van der Waals surface area contributed by atoms with Crippen molar-refractivity contribution in [3.63, 3.8) is 0 Å². The second-order valence-electron chi connectivity index (χ2n) is 9.53. The molecule has 7 nitrogen and oxygen atoms in total. The van der Waals surface area contributed by atoms with E-state index in [2.05, 4.69) is 5.32 Å². The van der Waals surface area contributed by atoms with Gasteiger partial charge in [0.15, 0.2) is 5.54 Å². The van der Waals surface area contributed by atoms with Crippen LogP contribution in [0.1, 0.15) is 16.7 Å². The quantitative estimate of drug-likeness (QED) is 0.489. The zero-order valence-electron chi connectivity index (χ0n) is 20.8. The Bertz CT molecular complexity index is 1460. The molecule has 1 spiro atoms. The molecule has 3 aromatic carbocycles. The first-order valence-corrected chi connectivity index (χ1v) is 12.1. The molecule has 2 amide bonds. The van der Waals surface area contributed by atoms with Gasteiger partial charge in [-0.1, -0.05) is 12.1 Å². The van der Waals surface area contributed by atoms with Crippen LogP contribution in [0, 0.1) is 17.1 Å². The number of alkyl halides is 3. The Balaban J connectivity index is 1.48. The van der Waals surface area contributed by atoms with Crippen LogP contribution in [0.3, 0.4) is 0 Å². The molecule has 2 aliphatic rings. The third-order valence-electron chi connectivity index (χ3n) is 7.17. The fraction of sp³-hybridized carbons (Fsp3) is 0.250. The second-order valence-corrected chi connectivity index (χ2v) is 9.53. The number of benzene rings is 3. The lowest BCUT2D eigenvalue weighted by Crippen LogP contribution is -2.81. The number of anilines is 3. The minimum atomic E-state index is -4.50. The number of nitrogens with zero attached hydrogens (tertiary/aromatic N) is 4. The molecule has 2 saturated heterocycles. The topological polar surface area (TPSA) is 79.7 Å². The van der Waals surface area contributed by atoms with Crippen molar-refractivity contribution in [1.82, 2.24) is 4.90 Å². The van der Waals surface area contributed by atoms with Gasteiger partial charge < -0.3 is 15.1 Å². The van der Waals surface area contributed by atoms with Gasteiger partial charge in [0.05, 0.1) is 36.0 Å². The van der Waals surface area contributed by atoms with Gasteiger partial charge in [0.25, 0.3) is 5.91 Å². The van der Waals surface area contributed by atoms with Gasteiger partial charge in [-0.05, 0) is 60.2 Å². The van der Waals surface area contributed by atoms with Crippen LogP contribution in [0.15, 0.2) is 66.7 Å². The summed E-state index contributed by atoms with van der Waals surface area (Å²) in [5.41, 5.74) is -0.0775. The molecule has 0 saturated carbocycles. The van der Waals surface area contributed by atoms with Gasteiger partial charge in [0.1, 0.15) is 12.4 Å². The Labute approximate surface area is 221 Å². The van der Waals surface area contributed by atoms with E-state index in [-0.39, 0.29) is 30.9 Å². The van der Waals surface area contributed by atoms with Crippen molar-refractivity contribution >= 4 is 28.9 Å². The fourth-order valence-corrected chi connectivity index (χ4v) is 5.02. The summed E-state index contributed by atoms with van der Waals surface area (Å²) in [4.78, 5) is 31.8. The Morgan fingerprint density at radius 3 is 2.23 bits per heavy atom. The van der Waals surface area contributed by atoms with Crippen LogP contribution in [0.5, 0.6) is 0 Å². The first-order chi connectivity index (χ1) is 18.6. The van der Waals surface area contributed by atoms with E-state index in [1.165, 1.54) is 29.2 Å². The number of nitriles is 1. The number of hydrogen-bond donors (Lipinski definition) is 1. The van der Waals surface area contributed by atoms with Crippen LogP contribution >= 0.6 is 0 Å². The van der Waals surface area contributed by atoms with Crippen molar-refractivity contribution in [3.05, 3.63) is 89.2 Å². The predicted molar refractivity (Wildman–Crippen MR) is 136 cm³/mol. The highest BCUT2D eigenvalue weighted by Crippen LogP contribution is 2.40. The number of piperazine rings is 1. The molecular weight excluding hydrogens is 514 g/mol. The number of hydrogen-bond acceptors (Lipinski definition) is 5. The Morgan fingerprint density at radius 1 is 1.00 bits per heavy atom. The molecule has 0 radical (unpaired) electrons. The van der Waals surface area contributed by atoms with Gasteiger partial charge in [0, 0.05) is 25.0 Å². The van der Waals surface area contributed by atoms with E-state index in [4.69, 9.17) is 5.26 Å². The number of amides is 2. The largest absolute Gasteiger partial charge is 0.416 e. The minimum Gasteiger partial charge on any atom is -0.388 e. The van der Waals surface area contributed by atoms with Crippen LogP contribution < -0.4 is 15.1 Å². The van der Waals surface area contributed by atoms with E-state index >= 15 is 0 Å². The highest BCUT2D eigenvalue weighted by molar-refractivity contribution is 6.11. The van der Waals surface area contributed by atoms with Gasteiger partial charge in [-0.2, -0.15) is 18.4 Å². The smallest absolute Gasteiger partial charge is 0.388 e. The maximum Gasteiger partial charge on any atom is 0.416 e. The number of halogens is 4. The third-order valence-corrected chi connectivity index (χ3v) is 7.17. The molecule has 2 heterocycles. The van der Waals surface area contributed by atoms with Crippen molar-refractivity contribution in [1.29, 1.82) is 5.26 Å². The molecule has 0 aliphatic carbocycles. The zero-order chi connectivity index (χ0) is 27.9. The molecule has 200 valence electrons. The van der Waals surface area contributed by atoms with Crippen molar-refractivity contribution in [2.45, 2.75) is 18.3 Å². The highest BCUT2D eigenvalue weighted by atomic mass is 19.4. The molecule has 11 heteroatoms. The van der Waals surface area contributed by atoms with E-state index in [0.717, 1.165) is 34.5 Å². The first-order valence-electron chi connectivity index (χ1n) is 12.1. The predicted octanol–water partition coefficient (Wildman–Crippen LogP) is 4.39. The van der Waals surface area contributed by atoms with Crippen molar-refractivity contribution in [2.24, 2.45) is 0 Å². The van der Waals surface area contributed by atoms with E-state index in [0.29, 0.717) is 5.56 Å². The summed E-state index contributed by atoms with van der Waals surface area (Å²) in [7, 11) is 1.79. The number of rotatable bonds is 5. The fourth-order valence-electron chi connectivity index (χ4n) is 5.02. The van der Waals surface area contributed by atoms with E-state index in [1.807, 2.05) is 35.2 Å². The van der Waals surface area contributed by atoms with E-state index in [9.17, 15) is 27.2 Å². The Kier molecular flexibility index (Phi) is 6.42. The number of carbonyl (C=O) groups excluding carboxylic acids is 2. The van der Waals surface area contributed by atoms with Crippen LogP contribution in [-0.2, 0) is 22.3 Å². The maximum atomic E-state index is 14.9. The summed E-state index contributed by atoms with van der Waals surface area (Å²) in [5, 5.41) is 12.1.